The van der Waals surface area contributed by atoms with Gasteiger partial charge in [0.15, 0.2) is 0 Å². The predicted octanol–water partition coefficient (Wildman–Crippen LogP) is 1.87. The van der Waals surface area contributed by atoms with Crippen LogP contribution in [0.4, 0.5) is 0 Å². The van der Waals surface area contributed by atoms with E-state index >= 15 is 0 Å². The first-order valence-electron chi connectivity index (χ1n) is 8.25. The molecule has 0 aliphatic rings. The topological polar surface area (TPSA) is 82.6 Å². The van der Waals surface area contributed by atoms with Crippen molar-refractivity contribution >= 4 is 37.4 Å². The quantitative estimate of drug-likeness (QED) is 0.329. The van der Waals surface area contributed by atoms with Gasteiger partial charge in [0.1, 0.15) is 0 Å². The van der Waals surface area contributed by atoms with Crippen LogP contribution in [-0.4, -0.2) is 43.3 Å². The molecule has 0 aliphatic heterocycles. The van der Waals surface area contributed by atoms with Crippen molar-refractivity contribution in [3.8, 4) is 16.9 Å². The molecular weight excluding hydrogens is 441 g/mol. The summed E-state index contributed by atoms with van der Waals surface area (Å²) in [4.78, 5) is 15.9. The zero-order valence-electron chi connectivity index (χ0n) is 15.2. The van der Waals surface area contributed by atoms with Gasteiger partial charge in [-0.3, -0.25) is 0 Å². The molecule has 0 fully saturated rings. The number of ether oxygens (including phenoxy) is 1. The summed E-state index contributed by atoms with van der Waals surface area (Å²) in [7, 11) is -2.64. The van der Waals surface area contributed by atoms with Gasteiger partial charge in [0.25, 0.3) is 0 Å². The van der Waals surface area contributed by atoms with E-state index in [0.29, 0.717) is 15.6 Å². The van der Waals surface area contributed by atoms with Crippen LogP contribution in [0.15, 0.2) is 65.7 Å². The Labute approximate surface area is 172 Å². The summed E-state index contributed by atoms with van der Waals surface area (Å²) < 4.78 is 35.7. The Morgan fingerprint density at radius 2 is 1.64 bits per heavy atom. The molecule has 1 heterocycles. The van der Waals surface area contributed by atoms with Crippen LogP contribution in [0, 0.1) is 6.92 Å². The van der Waals surface area contributed by atoms with Crippen LogP contribution in [0.3, 0.4) is 0 Å². The normalized spacial score (nSPS) is 11.1. The molecule has 3 rings (SSSR count). The monoisotopic (exact) mass is 459 g/mol. The van der Waals surface area contributed by atoms with Crippen molar-refractivity contribution in [1.82, 2.24) is 4.98 Å². The summed E-state index contributed by atoms with van der Waals surface area (Å²) >= 11 is 1.15. The van der Waals surface area contributed by atoms with E-state index in [2.05, 4.69) is 9.72 Å². The van der Waals surface area contributed by atoms with Gasteiger partial charge in [0.2, 0.25) is 0 Å². The second-order valence-corrected chi connectivity index (χ2v) is 8.72. The average Bonchev–Trinajstić information content (AvgIpc) is 2.69. The molecule has 0 saturated heterocycles. The Balaban J connectivity index is 1.91. The SMILES string of the molecule is COC(=O)c1ccc(-c2cnc([AsH2])c(OS(=O)(=O)c3ccc(C)cc3)c2)cc1. The van der Waals surface area contributed by atoms with Crippen LogP contribution in [0.1, 0.15) is 15.9 Å². The fraction of sp³-hybridized carbons (Fsp3) is 0.100. The Morgan fingerprint density at radius 3 is 2.25 bits per heavy atom. The molecule has 0 amide bonds. The first-order chi connectivity index (χ1) is 13.3. The molecule has 2 aromatic carbocycles. The van der Waals surface area contributed by atoms with Crippen LogP contribution in [0.25, 0.3) is 11.1 Å². The Bertz CT molecular complexity index is 1110. The first-order valence-corrected chi connectivity index (χ1v) is 10.9. The van der Waals surface area contributed by atoms with Gasteiger partial charge in [0.05, 0.1) is 0 Å². The molecule has 0 N–H and O–H groups in total. The number of hydrogen-bond donors (Lipinski definition) is 0. The molecule has 1 atom stereocenters. The predicted molar refractivity (Wildman–Crippen MR) is 108 cm³/mol. The molecule has 1 aromatic heterocycles. The number of pyridine rings is 1. The van der Waals surface area contributed by atoms with Gasteiger partial charge >= 0.3 is 172 Å². The zero-order valence-corrected chi connectivity index (χ0v) is 18.5. The standard InChI is InChI=1S/C20H18AsNO5S/c1-13-3-9-17(10-4-13)28(24,25)27-18-11-16(12-22-19(18)21)14-5-7-15(8-6-14)20(23)26-2/h3-12H,21H2,1-2H3. The number of rotatable bonds is 5. The number of aryl methyl sites for hydroxylation is 1. The molecule has 3 aromatic rings. The van der Waals surface area contributed by atoms with Gasteiger partial charge in [0, 0.05) is 0 Å². The van der Waals surface area contributed by atoms with E-state index in [9.17, 15) is 13.2 Å². The Hall–Kier alpha value is -2.63. The molecule has 0 bridgehead atoms. The molecule has 0 saturated carbocycles. The first kappa shape index (κ1) is 20.1. The van der Waals surface area contributed by atoms with E-state index in [1.807, 2.05) is 6.92 Å². The zero-order chi connectivity index (χ0) is 20.3. The molecule has 144 valence electrons. The molecule has 6 nitrogen and oxygen atoms in total. The molecule has 0 radical (unpaired) electrons. The summed E-state index contributed by atoms with van der Waals surface area (Å²) in [5, 5.41) is 0. The van der Waals surface area contributed by atoms with Gasteiger partial charge in [-0.2, -0.15) is 0 Å². The van der Waals surface area contributed by atoms with Crippen molar-refractivity contribution in [2.75, 3.05) is 7.11 Å². The van der Waals surface area contributed by atoms with Crippen molar-refractivity contribution in [2.24, 2.45) is 0 Å². The summed E-state index contributed by atoms with van der Waals surface area (Å²) in [6.45, 7) is 1.88. The van der Waals surface area contributed by atoms with Crippen LogP contribution in [0.5, 0.6) is 5.75 Å². The van der Waals surface area contributed by atoms with E-state index in [1.54, 1.807) is 48.7 Å². The third-order valence-electron chi connectivity index (χ3n) is 4.03. The third-order valence-corrected chi connectivity index (χ3v) is 6.19. The number of nitrogens with zero attached hydrogens (tertiary/aromatic N) is 1. The Morgan fingerprint density at radius 1 is 1.00 bits per heavy atom. The Kier molecular flexibility index (Phi) is 5.87. The van der Waals surface area contributed by atoms with Gasteiger partial charge < -0.3 is 0 Å². The van der Waals surface area contributed by atoms with Gasteiger partial charge in [-0.1, -0.05) is 0 Å². The number of esters is 1. The van der Waals surface area contributed by atoms with Crippen LogP contribution >= 0.6 is 0 Å². The van der Waals surface area contributed by atoms with Crippen molar-refractivity contribution in [3.05, 3.63) is 71.9 Å². The summed E-state index contributed by atoms with van der Waals surface area (Å²) in [5.74, 6) is -0.250. The number of hydrogen-bond acceptors (Lipinski definition) is 6. The third kappa shape index (κ3) is 4.43. The maximum atomic E-state index is 12.6. The van der Waals surface area contributed by atoms with E-state index in [0.717, 1.165) is 28.0 Å². The summed E-state index contributed by atoms with van der Waals surface area (Å²) in [6.07, 6.45) is 1.63. The van der Waals surface area contributed by atoms with Crippen molar-refractivity contribution in [2.45, 2.75) is 11.8 Å². The fourth-order valence-corrected chi connectivity index (χ4v) is 4.04. The molecule has 0 spiro atoms. The van der Waals surface area contributed by atoms with Crippen LogP contribution < -0.4 is 8.66 Å². The van der Waals surface area contributed by atoms with Crippen LogP contribution in [0.2, 0.25) is 0 Å². The minimum atomic E-state index is -3.96. The molecule has 8 heteroatoms. The second-order valence-electron chi connectivity index (χ2n) is 6.03. The number of methoxy groups -OCH3 is 1. The summed E-state index contributed by atoms with van der Waals surface area (Å²) in [6, 6.07) is 14.8. The maximum absolute atomic E-state index is 12.6. The second kappa shape index (κ2) is 8.17. The van der Waals surface area contributed by atoms with Gasteiger partial charge in [-0.25, -0.2) is 0 Å². The summed E-state index contributed by atoms with van der Waals surface area (Å²) in [5.41, 5.74) is 2.82. The van der Waals surface area contributed by atoms with Crippen molar-refractivity contribution < 1.29 is 22.1 Å². The van der Waals surface area contributed by atoms with Gasteiger partial charge in [-0.15, -0.1) is 0 Å². The number of aromatic nitrogens is 1. The average molecular weight is 459 g/mol. The fourth-order valence-electron chi connectivity index (χ4n) is 2.47. The molecular formula is C20H18AsNO5S. The minimum absolute atomic E-state index is 0.0813. The van der Waals surface area contributed by atoms with Crippen LogP contribution in [-0.2, 0) is 14.9 Å². The van der Waals surface area contributed by atoms with Gasteiger partial charge in [-0.05, 0) is 0 Å². The van der Waals surface area contributed by atoms with E-state index < -0.39 is 16.1 Å². The number of carbonyl (C=O) groups is 1. The van der Waals surface area contributed by atoms with Crippen molar-refractivity contribution in [1.29, 1.82) is 0 Å². The number of benzene rings is 2. The number of carbonyl (C=O) groups excluding carboxylic acids is 1. The van der Waals surface area contributed by atoms with E-state index in [4.69, 9.17) is 4.18 Å². The molecule has 0 aliphatic carbocycles. The molecule has 28 heavy (non-hydrogen) atoms. The molecule has 1 unspecified atom stereocenters. The van der Waals surface area contributed by atoms with E-state index in [1.165, 1.54) is 19.2 Å². The van der Waals surface area contributed by atoms with E-state index in [-0.39, 0.29) is 10.6 Å². The van der Waals surface area contributed by atoms with Crippen molar-refractivity contribution in [3.63, 3.8) is 0 Å².